The first kappa shape index (κ1) is 28.5. The number of hydrogen-bond donors (Lipinski definition) is 3. The molecule has 0 bridgehead atoms. The lowest BCUT2D eigenvalue weighted by atomic mass is 10.1. The van der Waals surface area contributed by atoms with E-state index in [2.05, 4.69) is 20.6 Å². The summed E-state index contributed by atoms with van der Waals surface area (Å²) < 4.78 is 35.7. The summed E-state index contributed by atoms with van der Waals surface area (Å²) in [5, 5.41) is 6.40. The summed E-state index contributed by atoms with van der Waals surface area (Å²) in [7, 11) is 1.27. The van der Waals surface area contributed by atoms with Crippen molar-refractivity contribution in [1.29, 1.82) is 0 Å². The zero-order chi connectivity index (χ0) is 30.2. The summed E-state index contributed by atoms with van der Waals surface area (Å²) in [5.74, 6) is -1.94. The fourth-order valence-electron chi connectivity index (χ4n) is 5.68. The number of fused-ring (bicyclic) bond motifs is 1. The van der Waals surface area contributed by atoms with Gasteiger partial charge in [-0.15, -0.1) is 0 Å². The molecule has 2 aromatic carbocycles. The van der Waals surface area contributed by atoms with E-state index in [1.807, 2.05) is 13.0 Å². The van der Waals surface area contributed by atoms with Crippen molar-refractivity contribution in [3.05, 3.63) is 71.7 Å². The van der Waals surface area contributed by atoms with Crippen LogP contribution in [0.15, 0.2) is 48.9 Å². The Morgan fingerprint density at radius 2 is 1.84 bits per heavy atom. The molecule has 2 atom stereocenters. The number of nitrogens with two attached hydrogens (primary N) is 1. The molecule has 2 fully saturated rings. The van der Waals surface area contributed by atoms with E-state index in [4.69, 9.17) is 10.5 Å². The van der Waals surface area contributed by atoms with E-state index < -0.39 is 11.6 Å². The lowest BCUT2D eigenvalue weighted by Gasteiger charge is -2.36. The minimum atomic E-state index is -1.07. The van der Waals surface area contributed by atoms with Crippen LogP contribution in [0.25, 0.3) is 16.9 Å². The molecule has 2 aliphatic rings. The first-order valence-electron chi connectivity index (χ1n) is 14.0. The normalized spacial score (nSPS) is 18.7. The highest BCUT2D eigenvalue weighted by Gasteiger charge is 2.33. The first-order chi connectivity index (χ1) is 20.7. The second-order valence-corrected chi connectivity index (χ2v) is 10.8. The van der Waals surface area contributed by atoms with Crippen molar-refractivity contribution in [3.8, 4) is 17.0 Å². The second-order valence-electron chi connectivity index (χ2n) is 10.8. The second kappa shape index (κ2) is 11.6. The zero-order valence-electron chi connectivity index (χ0n) is 23.8. The van der Waals surface area contributed by atoms with Gasteiger partial charge < -0.3 is 30.9 Å². The van der Waals surface area contributed by atoms with Crippen LogP contribution in [0.2, 0.25) is 0 Å². The van der Waals surface area contributed by atoms with Crippen molar-refractivity contribution < 1.29 is 23.1 Å². The minimum absolute atomic E-state index is 0.00648. The van der Waals surface area contributed by atoms with E-state index in [1.54, 1.807) is 32.5 Å². The van der Waals surface area contributed by atoms with Gasteiger partial charge >= 0.3 is 0 Å². The number of aromatic nitrogens is 3. The van der Waals surface area contributed by atoms with Gasteiger partial charge in [0.1, 0.15) is 0 Å². The van der Waals surface area contributed by atoms with Crippen molar-refractivity contribution in [2.75, 3.05) is 45.2 Å². The number of methoxy groups -OCH3 is 1. The van der Waals surface area contributed by atoms with Crippen molar-refractivity contribution >= 4 is 29.0 Å². The molecule has 11 nitrogen and oxygen atoms in total. The highest BCUT2D eigenvalue weighted by molar-refractivity contribution is 5.96. The van der Waals surface area contributed by atoms with Crippen LogP contribution in [0.5, 0.6) is 5.75 Å². The average molecular weight is 591 g/mol. The molecule has 43 heavy (non-hydrogen) atoms. The Balaban J connectivity index is 1.15. The fourth-order valence-corrected chi connectivity index (χ4v) is 5.68. The number of piperazine rings is 1. The van der Waals surface area contributed by atoms with Gasteiger partial charge in [0.05, 0.1) is 25.0 Å². The third kappa shape index (κ3) is 5.37. The number of imidazole rings is 1. The Morgan fingerprint density at radius 1 is 1.07 bits per heavy atom. The number of ether oxygens (including phenoxy) is 1. The number of hydrogen-bond acceptors (Lipinski definition) is 8. The quantitative estimate of drug-likeness (QED) is 0.313. The van der Waals surface area contributed by atoms with Crippen LogP contribution < -0.4 is 21.1 Å². The Bertz CT molecular complexity index is 1700. The first-order valence-corrected chi connectivity index (χ1v) is 14.0. The maximum absolute atomic E-state index is 14.8. The molecule has 4 aromatic rings. The number of nitrogens with zero attached hydrogens (tertiary/aromatic N) is 5. The number of amides is 2. The van der Waals surface area contributed by atoms with E-state index in [9.17, 15) is 18.4 Å². The van der Waals surface area contributed by atoms with Crippen LogP contribution in [0.1, 0.15) is 22.3 Å². The zero-order valence-corrected chi connectivity index (χ0v) is 23.8. The molecule has 2 aliphatic heterocycles. The number of anilines is 2. The number of nitrogens with one attached hydrogen (secondary N) is 2. The van der Waals surface area contributed by atoms with Gasteiger partial charge in [-0.05, 0) is 49.2 Å². The van der Waals surface area contributed by atoms with Crippen LogP contribution >= 0.6 is 0 Å². The highest BCUT2D eigenvalue weighted by atomic mass is 19.2. The summed E-state index contributed by atoms with van der Waals surface area (Å²) in [5.41, 5.74) is 8.74. The van der Waals surface area contributed by atoms with Gasteiger partial charge in [0, 0.05) is 68.0 Å². The molecule has 6 rings (SSSR count). The molecule has 4 heterocycles. The minimum Gasteiger partial charge on any atom is -0.494 e. The summed E-state index contributed by atoms with van der Waals surface area (Å²) in [6.45, 7) is 4.36. The van der Waals surface area contributed by atoms with Gasteiger partial charge in [0.2, 0.25) is 11.7 Å². The third-order valence-corrected chi connectivity index (χ3v) is 8.03. The van der Waals surface area contributed by atoms with Crippen molar-refractivity contribution in [3.63, 3.8) is 0 Å². The molecule has 0 spiro atoms. The molecule has 0 unspecified atom stereocenters. The van der Waals surface area contributed by atoms with E-state index in [-0.39, 0.29) is 35.2 Å². The molecule has 4 N–H and O–H groups in total. The lowest BCUT2D eigenvalue weighted by molar-refractivity contribution is -0.134. The number of benzene rings is 2. The largest absolute Gasteiger partial charge is 0.494 e. The summed E-state index contributed by atoms with van der Waals surface area (Å²) in [4.78, 5) is 38.5. The maximum Gasteiger partial charge on any atom is 0.254 e. The van der Waals surface area contributed by atoms with Gasteiger partial charge in [0.15, 0.2) is 23.0 Å². The highest BCUT2D eigenvalue weighted by Crippen LogP contribution is 2.31. The molecule has 2 saturated heterocycles. The monoisotopic (exact) mass is 590 g/mol. The smallest absolute Gasteiger partial charge is 0.254 e. The van der Waals surface area contributed by atoms with E-state index in [1.165, 1.54) is 31.6 Å². The van der Waals surface area contributed by atoms with E-state index in [0.29, 0.717) is 67.6 Å². The molecule has 2 amide bonds. The number of aryl methyl sites for hydroxylation is 1. The van der Waals surface area contributed by atoms with Crippen molar-refractivity contribution in [1.82, 2.24) is 29.5 Å². The molecule has 13 heteroatoms. The predicted octanol–water partition coefficient (Wildman–Crippen LogP) is 2.71. The molecular weight excluding hydrogens is 558 g/mol. The van der Waals surface area contributed by atoms with Crippen LogP contribution in [-0.4, -0.2) is 87.9 Å². The predicted molar refractivity (Wildman–Crippen MR) is 156 cm³/mol. The molecule has 0 radical (unpaired) electrons. The van der Waals surface area contributed by atoms with Crippen LogP contribution in [0, 0.1) is 18.6 Å². The maximum atomic E-state index is 14.8. The molecule has 0 aliphatic carbocycles. The van der Waals surface area contributed by atoms with Gasteiger partial charge in [-0.3, -0.25) is 14.0 Å². The third-order valence-electron chi connectivity index (χ3n) is 8.03. The Morgan fingerprint density at radius 3 is 2.53 bits per heavy atom. The van der Waals surface area contributed by atoms with Gasteiger partial charge in [0.25, 0.3) is 5.91 Å². The molecule has 224 valence electrons. The van der Waals surface area contributed by atoms with E-state index >= 15 is 0 Å². The standard InChI is InChI=1S/C30H32F2N8O3/c1-17-13-19(3-4-20(17)29(41)38-9-11-39(12-10-38)30(42)22-14-18(33)15-35-22)37-27-28-36-16-23(40(28)8-7-34-27)21-5-6-24(43-2)26(32)25(21)31/h3-8,13,16,18,22,35H,9-12,14-15,33H2,1-2H3,(H,34,37)/t18-,22+/m1/s1. The van der Waals surface area contributed by atoms with Crippen molar-refractivity contribution in [2.24, 2.45) is 5.73 Å². The lowest BCUT2D eigenvalue weighted by Crippen LogP contribution is -2.54. The summed E-state index contributed by atoms with van der Waals surface area (Å²) in [6, 6.07) is 7.93. The van der Waals surface area contributed by atoms with Crippen LogP contribution in [-0.2, 0) is 4.79 Å². The van der Waals surface area contributed by atoms with Gasteiger partial charge in [-0.25, -0.2) is 14.4 Å². The number of halogens is 2. The van der Waals surface area contributed by atoms with Crippen molar-refractivity contribution in [2.45, 2.75) is 25.4 Å². The molecular formula is C30H32F2N8O3. The van der Waals surface area contributed by atoms with E-state index in [0.717, 1.165) is 5.56 Å². The van der Waals surface area contributed by atoms with Crippen LogP contribution in [0.3, 0.4) is 0 Å². The number of rotatable bonds is 6. The fraction of sp³-hybridized carbons (Fsp3) is 0.333. The number of carbonyl (C=O) groups excluding carboxylic acids is 2. The SMILES string of the molecule is COc1ccc(-c2cnc3c(Nc4ccc(C(=O)N5CCN(C(=O)[C@@H]6C[C@@H](N)CN6)CC5)c(C)c4)nccn23)c(F)c1F. The average Bonchev–Trinajstić information content (AvgIpc) is 3.65. The molecule has 2 aromatic heterocycles. The Hall–Kier alpha value is -4.62. The van der Waals surface area contributed by atoms with Gasteiger partial charge in [-0.1, -0.05) is 0 Å². The topological polar surface area (TPSA) is 130 Å². The summed E-state index contributed by atoms with van der Waals surface area (Å²) in [6.07, 6.45) is 5.23. The number of carbonyl (C=O) groups is 2. The summed E-state index contributed by atoms with van der Waals surface area (Å²) >= 11 is 0. The van der Waals surface area contributed by atoms with Gasteiger partial charge in [-0.2, -0.15) is 4.39 Å². The Labute approximate surface area is 246 Å². The Kier molecular flexibility index (Phi) is 7.67. The molecule has 0 saturated carbocycles. The van der Waals surface area contributed by atoms with Crippen LogP contribution in [0.4, 0.5) is 20.3 Å².